The highest BCUT2D eigenvalue weighted by Gasteiger charge is 1.85. The maximum Gasteiger partial charge on any atom is 0.137 e. The molecule has 0 saturated carbocycles. The van der Waals surface area contributed by atoms with Gasteiger partial charge in [0, 0.05) is 6.04 Å². The molecule has 0 aliphatic carbocycles. The average Bonchev–Trinajstić information content (AvgIpc) is 1.79. The van der Waals surface area contributed by atoms with Crippen LogP contribution in [0.15, 0.2) is 17.3 Å². The molecule has 1 atom stereocenters. The Kier molecular flexibility index (Phi) is 4.58. The Hall–Kier alpha value is -0.830. The van der Waals surface area contributed by atoms with Crippen LogP contribution < -0.4 is 5.73 Å². The number of hydrogen-bond acceptors (Lipinski definition) is 3. The van der Waals surface area contributed by atoms with Crippen molar-refractivity contribution in [1.82, 2.24) is 0 Å². The van der Waals surface area contributed by atoms with Crippen LogP contribution in [0, 0.1) is 0 Å². The molecule has 0 aromatic carbocycles. The summed E-state index contributed by atoms with van der Waals surface area (Å²) in [5.74, 6) is 0. The molecule has 0 aliphatic heterocycles. The fraction of sp³-hybridized carbons (Fsp3) is 0.571. The Balaban J connectivity index is 3.27. The van der Waals surface area contributed by atoms with Gasteiger partial charge in [0.15, 0.2) is 0 Å². The lowest BCUT2D eigenvalue weighted by molar-refractivity contribution is 0.169. The van der Waals surface area contributed by atoms with E-state index in [9.17, 15) is 0 Å². The van der Waals surface area contributed by atoms with Gasteiger partial charge < -0.3 is 10.6 Å². The summed E-state index contributed by atoms with van der Waals surface area (Å²) in [7, 11) is 0. The summed E-state index contributed by atoms with van der Waals surface area (Å²) in [6, 6.07) is -0.0508. The van der Waals surface area contributed by atoms with Gasteiger partial charge in [-0.25, -0.2) is 0 Å². The van der Waals surface area contributed by atoms with Crippen LogP contribution in [0.4, 0.5) is 0 Å². The average molecular weight is 142 g/mol. The molecule has 3 heteroatoms. The molecule has 0 radical (unpaired) electrons. The molecule has 2 N–H and O–H groups in total. The fourth-order valence-corrected chi connectivity index (χ4v) is 0.286. The number of hydrogen-bond donors (Lipinski definition) is 1. The van der Waals surface area contributed by atoms with Crippen LogP contribution in [-0.2, 0) is 4.84 Å². The monoisotopic (exact) mass is 142 g/mol. The normalized spacial score (nSPS) is 13.5. The zero-order valence-corrected chi connectivity index (χ0v) is 6.50. The number of oxime groups is 1. The number of nitrogens with two attached hydrogens (primary N) is 1. The van der Waals surface area contributed by atoms with Crippen LogP contribution in [0.5, 0.6) is 0 Å². The molecule has 1 unspecified atom stereocenters. The lowest BCUT2D eigenvalue weighted by Crippen LogP contribution is -2.16. The van der Waals surface area contributed by atoms with Crippen LogP contribution in [0.3, 0.4) is 0 Å². The maximum atomic E-state index is 5.36. The van der Waals surface area contributed by atoms with Gasteiger partial charge in [-0.2, -0.15) is 0 Å². The second-order valence-corrected chi connectivity index (χ2v) is 2.34. The van der Waals surface area contributed by atoms with E-state index in [-0.39, 0.29) is 6.04 Å². The zero-order chi connectivity index (χ0) is 7.98. The highest BCUT2D eigenvalue weighted by atomic mass is 16.6. The van der Waals surface area contributed by atoms with Crippen LogP contribution in [0.25, 0.3) is 0 Å². The molecule has 0 aromatic heterocycles. The summed E-state index contributed by atoms with van der Waals surface area (Å²) >= 11 is 0. The molecule has 0 aliphatic rings. The van der Waals surface area contributed by atoms with Gasteiger partial charge in [-0.3, -0.25) is 0 Å². The van der Waals surface area contributed by atoms with Crippen LogP contribution in [0.2, 0.25) is 0 Å². The smallest absolute Gasteiger partial charge is 0.137 e. The Morgan fingerprint density at radius 2 is 2.50 bits per heavy atom. The first-order valence-electron chi connectivity index (χ1n) is 3.18. The first kappa shape index (κ1) is 9.17. The summed E-state index contributed by atoms with van der Waals surface area (Å²) in [5.41, 5.74) is 6.30. The van der Waals surface area contributed by atoms with Gasteiger partial charge in [-0.15, -0.1) is 0 Å². The van der Waals surface area contributed by atoms with E-state index in [4.69, 9.17) is 10.6 Å². The molecule has 0 heterocycles. The van der Waals surface area contributed by atoms with Crippen molar-refractivity contribution in [3.05, 3.63) is 12.2 Å². The number of rotatable bonds is 4. The highest BCUT2D eigenvalue weighted by Crippen LogP contribution is 1.87. The van der Waals surface area contributed by atoms with E-state index in [0.29, 0.717) is 6.61 Å². The Morgan fingerprint density at radius 1 is 1.90 bits per heavy atom. The highest BCUT2D eigenvalue weighted by molar-refractivity contribution is 5.62. The third-order valence-electron chi connectivity index (χ3n) is 0.681. The van der Waals surface area contributed by atoms with Crippen molar-refractivity contribution < 1.29 is 4.84 Å². The summed E-state index contributed by atoms with van der Waals surface area (Å²) in [4.78, 5) is 4.80. The van der Waals surface area contributed by atoms with E-state index in [0.717, 1.165) is 5.57 Å². The van der Waals surface area contributed by atoms with Crippen molar-refractivity contribution in [1.29, 1.82) is 0 Å². The van der Waals surface area contributed by atoms with Gasteiger partial charge in [0.25, 0.3) is 0 Å². The third-order valence-corrected chi connectivity index (χ3v) is 0.681. The Morgan fingerprint density at radius 3 is 2.90 bits per heavy atom. The van der Waals surface area contributed by atoms with Gasteiger partial charge in [0.2, 0.25) is 0 Å². The largest absolute Gasteiger partial charge is 0.392 e. The first-order chi connectivity index (χ1) is 4.63. The molecule has 0 spiro atoms. The summed E-state index contributed by atoms with van der Waals surface area (Å²) in [5, 5.41) is 3.60. The van der Waals surface area contributed by atoms with Crippen molar-refractivity contribution in [2.75, 3.05) is 6.61 Å². The van der Waals surface area contributed by atoms with Gasteiger partial charge in [-0.05, 0) is 19.4 Å². The Bertz CT molecular complexity index is 130. The standard InChI is InChI=1S/C7H14N2O/c1-6(2)5-10-9-4-7(3)8/h4,7H,1,5,8H2,2-3H3/b9-4+. The maximum absolute atomic E-state index is 5.36. The van der Waals surface area contributed by atoms with Crippen LogP contribution in [-0.4, -0.2) is 18.9 Å². The lowest BCUT2D eigenvalue weighted by Gasteiger charge is -1.97. The molecule has 0 aromatic rings. The van der Waals surface area contributed by atoms with Crippen LogP contribution in [0.1, 0.15) is 13.8 Å². The van der Waals surface area contributed by atoms with Crippen LogP contribution >= 0.6 is 0 Å². The predicted molar refractivity (Wildman–Crippen MR) is 42.9 cm³/mol. The van der Waals surface area contributed by atoms with Crippen molar-refractivity contribution >= 4 is 6.21 Å². The molecule has 3 nitrogen and oxygen atoms in total. The van der Waals surface area contributed by atoms with Gasteiger partial charge in [0.05, 0.1) is 6.21 Å². The topological polar surface area (TPSA) is 47.6 Å². The fourth-order valence-electron chi connectivity index (χ4n) is 0.286. The summed E-state index contributed by atoms with van der Waals surface area (Å²) < 4.78 is 0. The predicted octanol–water partition coefficient (Wildman–Crippen LogP) is 0.912. The van der Waals surface area contributed by atoms with E-state index in [1.165, 1.54) is 0 Å². The minimum Gasteiger partial charge on any atom is -0.392 e. The molecular weight excluding hydrogens is 128 g/mol. The second kappa shape index (κ2) is 4.99. The van der Waals surface area contributed by atoms with E-state index >= 15 is 0 Å². The molecule has 0 rings (SSSR count). The third kappa shape index (κ3) is 7.17. The summed E-state index contributed by atoms with van der Waals surface area (Å²) in [6.07, 6.45) is 1.54. The minimum atomic E-state index is -0.0508. The zero-order valence-electron chi connectivity index (χ0n) is 6.50. The summed E-state index contributed by atoms with van der Waals surface area (Å²) in [6.45, 7) is 7.81. The Labute approximate surface area is 61.5 Å². The molecule has 10 heavy (non-hydrogen) atoms. The van der Waals surface area contributed by atoms with E-state index in [1.807, 2.05) is 13.8 Å². The van der Waals surface area contributed by atoms with E-state index in [2.05, 4.69) is 11.7 Å². The van der Waals surface area contributed by atoms with Gasteiger partial charge in [-0.1, -0.05) is 11.7 Å². The lowest BCUT2D eigenvalue weighted by atomic mass is 10.4. The number of nitrogens with zero attached hydrogens (tertiary/aromatic N) is 1. The van der Waals surface area contributed by atoms with Gasteiger partial charge >= 0.3 is 0 Å². The minimum absolute atomic E-state index is 0.0508. The molecule has 0 amide bonds. The molecular formula is C7H14N2O. The molecule has 0 saturated heterocycles. The van der Waals surface area contributed by atoms with Crippen molar-refractivity contribution in [2.24, 2.45) is 10.9 Å². The SMILES string of the molecule is C=C(C)CO/N=C/C(C)N. The van der Waals surface area contributed by atoms with Crippen molar-refractivity contribution in [3.8, 4) is 0 Å². The molecule has 58 valence electrons. The first-order valence-corrected chi connectivity index (χ1v) is 3.18. The molecule has 0 bridgehead atoms. The second-order valence-electron chi connectivity index (χ2n) is 2.34. The van der Waals surface area contributed by atoms with E-state index < -0.39 is 0 Å². The van der Waals surface area contributed by atoms with Crippen molar-refractivity contribution in [3.63, 3.8) is 0 Å². The quantitative estimate of drug-likeness (QED) is 0.360. The molecule has 0 fully saturated rings. The van der Waals surface area contributed by atoms with Gasteiger partial charge in [0.1, 0.15) is 6.61 Å². The van der Waals surface area contributed by atoms with E-state index in [1.54, 1.807) is 6.21 Å². The van der Waals surface area contributed by atoms with Crippen molar-refractivity contribution in [2.45, 2.75) is 19.9 Å².